The van der Waals surface area contributed by atoms with E-state index in [-0.39, 0.29) is 11.7 Å². The Hall–Kier alpha value is -3.06. The number of allylic oxidation sites excluding steroid dienone is 1. The first-order valence-electron chi connectivity index (χ1n) is 13.1. The molecule has 1 fully saturated rings. The number of anilines is 1. The van der Waals surface area contributed by atoms with Crippen molar-refractivity contribution < 1.29 is 8.81 Å². The van der Waals surface area contributed by atoms with Crippen molar-refractivity contribution in [3.8, 4) is 11.5 Å². The molecule has 0 bridgehead atoms. The number of benzene rings is 1. The second-order valence-electron chi connectivity index (χ2n) is 10.6. The normalized spacial score (nSPS) is 23.2. The first-order chi connectivity index (χ1) is 17.5. The highest BCUT2D eigenvalue weighted by Gasteiger charge is 2.34. The lowest BCUT2D eigenvalue weighted by molar-refractivity contribution is 0.155. The predicted molar refractivity (Wildman–Crippen MR) is 140 cm³/mol. The van der Waals surface area contributed by atoms with Gasteiger partial charge in [-0.2, -0.15) is 0 Å². The topological polar surface area (TPSA) is 58.3 Å². The second-order valence-corrected chi connectivity index (χ2v) is 10.6. The summed E-state index contributed by atoms with van der Waals surface area (Å²) in [6, 6.07) is 12.7. The fourth-order valence-corrected chi connectivity index (χ4v) is 5.77. The van der Waals surface area contributed by atoms with Crippen molar-refractivity contribution in [1.29, 1.82) is 0 Å². The molecular formula is C29H36FN5O. The Morgan fingerprint density at radius 3 is 2.53 bits per heavy atom. The maximum Gasteiger partial charge on any atom is 0.250 e. The van der Waals surface area contributed by atoms with Gasteiger partial charge in [-0.05, 0) is 61.3 Å². The number of hydrogen-bond donors (Lipinski definition) is 0. The molecule has 36 heavy (non-hydrogen) atoms. The summed E-state index contributed by atoms with van der Waals surface area (Å²) < 4.78 is 20.0. The third kappa shape index (κ3) is 5.51. The Bertz CT molecular complexity index is 1170. The van der Waals surface area contributed by atoms with Gasteiger partial charge in [0.15, 0.2) is 0 Å². The number of aromatic nitrogens is 3. The summed E-state index contributed by atoms with van der Waals surface area (Å²) in [7, 11) is 0. The first-order valence-corrected chi connectivity index (χ1v) is 13.1. The Balaban J connectivity index is 1.23. The Kier molecular flexibility index (Phi) is 7.46. The van der Waals surface area contributed by atoms with Crippen LogP contribution in [-0.4, -0.2) is 52.8 Å². The van der Waals surface area contributed by atoms with Crippen molar-refractivity contribution in [3.05, 3.63) is 72.0 Å². The Labute approximate surface area is 213 Å². The van der Waals surface area contributed by atoms with E-state index in [0.717, 1.165) is 45.0 Å². The van der Waals surface area contributed by atoms with E-state index < -0.39 is 0 Å². The quantitative estimate of drug-likeness (QED) is 0.409. The molecule has 3 aromatic rings. The number of rotatable bonds is 7. The first kappa shape index (κ1) is 24.6. The van der Waals surface area contributed by atoms with E-state index in [4.69, 9.17) is 4.42 Å². The third-order valence-corrected chi connectivity index (χ3v) is 7.89. The van der Waals surface area contributed by atoms with Crippen molar-refractivity contribution in [3.63, 3.8) is 0 Å². The molecule has 1 aliphatic carbocycles. The summed E-state index contributed by atoms with van der Waals surface area (Å²) in [6.45, 7) is 12.2. The van der Waals surface area contributed by atoms with Gasteiger partial charge in [-0.1, -0.05) is 43.7 Å². The minimum Gasteiger partial charge on any atom is -0.421 e. The number of hydrogen-bond acceptors (Lipinski definition) is 6. The Morgan fingerprint density at radius 2 is 1.81 bits per heavy atom. The maximum atomic E-state index is 14.1. The molecule has 2 aromatic heterocycles. The zero-order chi connectivity index (χ0) is 25.1. The van der Waals surface area contributed by atoms with Gasteiger partial charge in [0.2, 0.25) is 5.89 Å². The van der Waals surface area contributed by atoms with Crippen LogP contribution in [0.2, 0.25) is 0 Å². The molecule has 0 amide bonds. The van der Waals surface area contributed by atoms with Gasteiger partial charge in [0, 0.05) is 45.3 Å². The fourth-order valence-electron chi connectivity index (χ4n) is 5.77. The third-order valence-electron chi connectivity index (χ3n) is 7.89. The number of piperazine rings is 1. The molecule has 0 unspecified atom stereocenters. The summed E-state index contributed by atoms with van der Waals surface area (Å²) >= 11 is 0. The molecule has 1 aliphatic heterocycles. The minimum absolute atomic E-state index is 0.253. The van der Waals surface area contributed by atoms with Gasteiger partial charge in [0.05, 0.1) is 5.56 Å². The van der Waals surface area contributed by atoms with E-state index in [1.807, 2.05) is 12.3 Å². The van der Waals surface area contributed by atoms with Crippen LogP contribution in [0.15, 0.2) is 64.7 Å². The number of pyridine rings is 1. The van der Waals surface area contributed by atoms with E-state index in [2.05, 4.69) is 64.0 Å². The van der Waals surface area contributed by atoms with E-state index >= 15 is 0 Å². The lowest BCUT2D eigenvalue weighted by Gasteiger charge is -2.41. The lowest BCUT2D eigenvalue weighted by Crippen LogP contribution is -2.49. The van der Waals surface area contributed by atoms with Gasteiger partial charge in [0.1, 0.15) is 11.6 Å². The monoisotopic (exact) mass is 489 g/mol. The molecule has 1 saturated heterocycles. The molecule has 1 aromatic carbocycles. The smallest absolute Gasteiger partial charge is 0.250 e. The van der Waals surface area contributed by atoms with Crippen LogP contribution in [0.1, 0.15) is 33.1 Å². The molecule has 2 aliphatic rings. The largest absolute Gasteiger partial charge is 0.421 e. The summed E-state index contributed by atoms with van der Waals surface area (Å²) in [6.07, 6.45) is 6.17. The SMILES string of the molecule is CC1=C[C@@H](CN2CCN(c3ccccn3)CC2)[C@H](C(C)C)C[C@H]1Cc1nnc(-c2ccccc2F)o1. The highest BCUT2D eigenvalue weighted by molar-refractivity contribution is 5.53. The maximum absolute atomic E-state index is 14.1. The fraction of sp³-hybridized carbons (Fsp3) is 0.483. The highest BCUT2D eigenvalue weighted by Crippen LogP contribution is 2.39. The summed E-state index contributed by atoms with van der Waals surface area (Å²) in [5.74, 6) is 3.66. The molecule has 0 radical (unpaired) electrons. The van der Waals surface area contributed by atoms with E-state index in [1.165, 1.54) is 11.6 Å². The van der Waals surface area contributed by atoms with Crippen molar-refractivity contribution in [2.45, 2.75) is 33.6 Å². The molecule has 6 nitrogen and oxygen atoms in total. The average molecular weight is 490 g/mol. The molecule has 0 saturated carbocycles. The van der Waals surface area contributed by atoms with Crippen molar-refractivity contribution in [2.75, 3.05) is 37.6 Å². The molecule has 7 heteroatoms. The summed E-state index contributed by atoms with van der Waals surface area (Å²) in [5, 5.41) is 8.37. The van der Waals surface area contributed by atoms with E-state index in [9.17, 15) is 4.39 Å². The van der Waals surface area contributed by atoms with Gasteiger partial charge in [-0.25, -0.2) is 9.37 Å². The zero-order valence-corrected chi connectivity index (χ0v) is 21.5. The number of halogens is 1. The van der Waals surface area contributed by atoms with Crippen LogP contribution in [0.3, 0.4) is 0 Å². The van der Waals surface area contributed by atoms with Gasteiger partial charge >= 0.3 is 0 Å². The van der Waals surface area contributed by atoms with Crippen molar-refractivity contribution in [2.24, 2.45) is 23.7 Å². The second kappa shape index (κ2) is 10.9. The van der Waals surface area contributed by atoms with Crippen LogP contribution >= 0.6 is 0 Å². The number of nitrogens with zero attached hydrogens (tertiary/aromatic N) is 5. The van der Waals surface area contributed by atoms with Gasteiger partial charge in [0.25, 0.3) is 5.89 Å². The van der Waals surface area contributed by atoms with Gasteiger partial charge in [-0.15, -0.1) is 10.2 Å². The average Bonchev–Trinajstić information content (AvgIpc) is 3.35. The summed E-state index contributed by atoms with van der Waals surface area (Å²) in [4.78, 5) is 9.51. The van der Waals surface area contributed by atoms with Gasteiger partial charge < -0.3 is 9.32 Å². The molecule has 0 N–H and O–H groups in total. The van der Waals surface area contributed by atoms with Crippen LogP contribution in [0.5, 0.6) is 0 Å². The van der Waals surface area contributed by atoms with E-state index in [1.54, 1.807) is 18.2 Å². The van der Waals surface area contributed by atoms with Crippen LogP contribution in [0, 0.1) is 29.5 Å². The molecular weight excluding hydrogens is 453 g/mol. The van der Waals surface area contributed by atoms with Crippen LogP contribution in [0.4, 0.5) is 10.2 Å². The lowest BCUT2D eigenvalue weighted by atomic mass is 9.69. The van der Waals surface area contributed by atoms with Crippen molar-refractivity contribution in [1.82, 2.24) is 20.1 Å². The van der Waals surface area contributed by atoms with Crippen LogP contribution in [0.25, 0.3) is 11.5 Å². The van der Waals surface area contributed by atoms with Crippen LogP contribution < -0.4 is 4.90 Å². The molecule has 3 atom stereocenters. The molecule has 3 heterocycles. The minimum atomic E-state index is -0.343. The predicted octanol–water partition coefficient (Wildman–Crippen LogP) is 5.49. The molecule has 5 rings (SSSR count). The molecule has 0 spiro atoms. The Morgan fingerprint density at radius 1 is 1.03 bits per heavy atom. The van der Waals surface area contributed by atoms with Crippen LogP contribution in [-0.2, 0) is 6.42 Å². The highest BCUT2D eigenvalue weighted by atomic mass is 19.1. The zero-order valence-electron chi connectivity index (χ0n) is 21.5. The van der Waals surface area contributed by atoms with E-state index in [0.29, 0.717) is 41.5 Å². The standard InChI is InChI=1S/C29H36FN5O/c1-20(2)25-17-22(18-28-32-33-29(36-28)24-8-4-5-9-26(24)30)21(3)16-23(25)19-34-12-14-35(15-13-34)27-10-6-7-11-31-27/h4-11,16,20,22-23,25H,12-15,17-19H2,1-3H3/t22-,23-,25-/m0/s1. The summed E-state index contributed by atoms with van der Waals surface area (Å²) in [5.41, 5.74) is 1.75. The van der Waals surface area contributed by atoms with Gasteiger partial charge in [-0.3, -0.25) is 4.90 Å². The van der Waals surface area contributed by atoms with Crippen molar-refractivity contribution >= 4 is 5.82 Å². The molecule has 190 valence electrons.